The monoisotopic (exact) mass is 343 g/mol. The summed E-state index contributed by atoms with van der Waals surface area (Å²) in [5.41, 5.74) is 2.07. The highest BCUT2D eigenvalue weighted by Gasteiger charge is 2.18. The molecular formula is C20H25NO4. The van der Waals surface area contributed by atoms with Gasteiger partial charge in [0.15, 0.2) is 0 Å². The van der Waals surface area contributed by atoms with Crippen LogP contribution in [0.15, 0.2) is 33.5 Å². The van der Waals surface area contributed by atoms with E-state index in [4.69, 9.17) is 4.42 Å². The van der Waals surface area contributed by atoms with Gasteiger partial charge in [-0.2, -0.15) is 0 Å². The van der Waals surface area contributed by atoms with Gasteiger partial charge in [0.1, 0.15) is 11.3 Å². The van der Waals surface area contributed by atoms with Crippen molar-refractivity contribution in [2.75, 3.05) is 5.32 Å². The maximum Gasteiger partial charge on any atom is 0.349 e. The summed E-state index contributed by atoms with van der Waals surface area (Å²) in [6.07, 6.45) is 1.59. The van der Waals surface area contributed by atoms with Gasteiger partial charge in [0.2, 0.25) is 0 Å². The summed E-state index contributed by atoms with van der Waals surface area (Å²) in [4.78, 5) is 24.8. The second kappa shape index (κ2) is 8.12. The molecule has 0 atom stereocenters. The van der Waals surface area contributed by atoms with E-state index in [-0.39, 0.29) is 12.2 Å². The Hall–Kier alpha value is -2.40. The van der Waals surface area contributed by atoms with E-state index >= 15 is 0 Å². The molecule has 0 fully saturated rings. The summed E-state index contributed by atoms with van der Waals surface area (Å²) in [5, 5.41) is 12.1. The zero-order chi connectivity index (χ0) is 18.6. The Balaban J connectivity index is 2.27. The molecule has 0 aliphatic rings. The highest BCUT2D eigenvalue weighted by molar-refractivity contribution is 6.05. The molecule has 2 aromatic rings. The maximum atomic E-state index is 12.6. The van der Waals surface area contributed by atoms with Crippen LogP contribution in [-0.4, -0.2) is 11.0 Å². The van der Waals surface area contributed by atoms with Gasteiger partial charge >= 0.3 is 5.63 Å². The summed E-state index contributed by atoms with van der Waals surface area (Å²) >= 11 is 0. The summed E-state index contributed by atoms with van der Waals surface area (Å²) in [6.45, 7) is 7.65. The minimum absolute atomic E-state index is 0.0158. The number of carbonyl (C=O) groups excluding carboxylic acids is 1. The molecule has 0 aliphatic heterocycles. The predicted molar refractivity (Wildman–Crippen MR) is 97.9 cm³/mol. The fraction of sp³-hybridized carbons (Fsp3) is 0.400. The van der Waals surface area contributed by atoms with Crippen molar-refractivity contribution < 1.29 is 14.3 Å². The van der Waals surface area contributed by atoms with Crippen LogP contribution in [0.2, 0.25) is 0 Å². The fourth-order valence-corrected chi connectivity index (χ4v) is 2.68. The number of aliphatic hydroxyl groups is 1. The number of rotatable bonds is 6. The van der Waals surface area contributed by atoms with E-state index in [9.17, 15) is 14.7 Å². The number of nitrogens with one attached hydrogen (secondary N) is 1. The lowest BCUT2D eigenvalue weighted by molar-refractivity contribution is 0.102. The van der Waals surface area contributed by atoms with Crippen molar-refractivity contribution in [3.63, 3.8) is 0 Å². The van der Waals surface area contributed by atoms with E-state index in [2.05, 4.69) is 19.2 Å². The first kappa shape index (κ1) is 18.9. The summed E-state index contributed by atoms with van der Waals surface area (Å²) in [5.74, 6) is 0.612. The van der Waals surface area contributed by atoms with Gasteiger partial charge in [0, 0.05) is 12.1 Å². The number of hydrogen-bond acceptors (Lipinski definition) is 4. The Labute approximate surface area is 147 Å². The molecule has 5 heteroatoms. The maximum absolute atomic E-state index is 12.6. The molecule has 25 heavy (non-hydrogen) atoms. The first-order valence-corrected chi connectivity index (χ1v) is 8.47. The smallest absolute Gasteiger partial charge is 0.349 e. The number of hydrogen-bond donors (Lipinski definition) is 2. The predicted octanol–water partition coefficient (Wildman–Crippen LogP) is 3.59. The van der Waals surface area contributed by atoms with Crippen molar-refractivity contribution >= 4 is 11.6 Å². The molecular weight excluding hydrogens is 318 g/mol. The third-order valence-corrected chi connectivity index (χ3v) is 4.26. The zero-order valence-corrected chi connectivity index (χ0v) is 15.2. The van der Waals surface area contributed by atoms with Crippen molar-refractivity contribution in [1.82, 2.24) is 0 Å². The van der Waals surface area contributed by atoms with Gasteiger partial charge in [0.05, 0.1) is 6.61 Å². The van der Waals surface area contributed by atoms with Crippen molar-refractivity contribution in [3.8, 4) is 0 Å². The van der Waals surface area contributed by atoms with Crippen LogP contribution in [0.25, 0.3) is 0 Å². The summed E-state index contributed by atoms with van der Waals surface area (Å²) < 4.78 is 5.32. The van der Waals surface area contributed by atoms with Crippen LogP contribution >= 0.6 is 0 Å². The van der Waals surface area contributed by atoms with Gasteiger partial charge in [-0.25, -0.2) is 4.79 Å². The topological polar surface area (TPSA) is 79.5 Å². The molecule has 0 unspecified atom stereocenters. The molecule has 0 bridgehead atoms. The van der Waals surface area contributed by atoms with Crippen molar-refractivity contribution in [2.24, 2.45) is 5.92 Å². The van der Waals surface area contributed by atoms with Crippen molar-refractivity contribution in [3.05, 3.63) is 62.7 Å². The van der Waals surface area contributed by atoms with Crippen molar-refractivity contribution in [2.45, 2.75) is 47.1 Å². The second-order valence-corrected chi connectivity index (χ2v) is 6.69. The number of anilines is 1. The van der Waals surface area contributed by atoms with Crippen LogP contribution in [0.4, 0.5) is 5.69 Å². The van der Waals surface area contributed by atoms with Crippen LogP contribution < -0.4 is 10.9 Å². The van der Waals surface area contributed by atoms with E-state index in [1.165, 1.54) is 0 Å². The number of aliphatic hydroxyl groups excluding tert-OH is 1. The quantitative estimate of drug-likeness (QED) is 0.840. The molecule has 0 spiro atoms. The first-order chi connectivity index (χ1) is 11.8. The van der Waals surface area contributed by atoms with Crippen LogP contribution in [0.1, 0.15) is 53.1 Å². The van der Waals surface area contributed by atoms with E-state index in [1.54, 1.807) is 31.2 Å². The molecule has 0 saturated carbocycles. The SMILES string of the molecule is Cc1cc(CCC(C)C)oc(=O)c1C(=O)Nc1cccc(CO)c1C. The molecule has 1 aromatic carbocycles. The van der Waals surface area contributed by atoms with Gasteiger partial charge < -0.3 is 14.8 Å². The Morgan fingerprint density at radius 1 is 1.28 bits per heavy atom. The normalized spacial score (nSPS) is 11.0. The Morgan fingerprint density at radius 3 is 2.60 bits per heavy atom. The Bertz CT molecular complexity index is 821. The highest BCUT2D eigenvalue weighted by atomic mass is 16.4. The van der Waals surface area contributed by atoms with Gasteiger partial charge in [-0.05, 0) is 55.0 Å². The zero-order valence-electron chi connectivity index (χ0n) is 15.2. The summed E-state index contributed by atoms with van der Waals surface area (Å²) in [7, 11) is 0. The van der Waals surface area contributed by atoms with Gasteiger partial charge in [-0.15, -0.1) is 0 Å². The standard InChI is InChI=1S/C20H25NO4/c1-12(2)8-9-16-10-13(3)18(20(24)25-16)19(23)21-17-7-5-6-15(11-22)14(17)4/h5-7,10,12,22H,8-9,11H2,1-4H3,(H,21,23). The minimum Gasteiger partial charge on any atom is -0.427 e. The third kappa shape index (κ3) is 4.57. The molecule has 134 valence electrons. The van der Waals surface area contributed by atoms with Gasteiger partial charge in [-0.3, -0.25) is 4.79 Å². The van der Waals surface area contributed by atoms with Crippen LogP contribution in [0.3, 0.4) is 0 Å². The van der Waals surface area contributed by atoms with E-state index in [1.807, 2.05) is 6.92 Å². The molecule has 1 aromatic heterocycles. The lowest BCUT2D eigenvalue weighted by atomic mass is 10.0. The van der Waals surface area contributed by atoms with Crippen LogP contribution in [0.5, 0.6) is 0 Å². The molecule has 0 saturated heterocycles. The highest BCUT2D eigenvalue weighted by Crippen LogP contribution is 2.20. The molecule has 5 nitrogen and oxygen atoms in total. The third-order valence-electron chi connectivity index (χ3n) is 4.26. The fourth-order valence-electron chi connectivity index (χ4n) is 2.68. The number of carbonyl (C=O) groups is 1. The number of benzene rings is 1. The second-order valence-electron chi connectivity index (χ2n) is 6.69. The Kier molecular flexibility index (Phi) is 6.15. The molecule has 2 rings (SSSR count). The lowest BCUT2D eigenvalue weighted by Crippen LogP contribution is -2.23. The van der Waals surface area contributed by atoms with Gasteiger partial charge in [0.25, 0.3) is 5.91 Å². The average Bonchev–Trinajstić information content (AvgIpc) is 2.54. The number of aryl methyl sites for hydroxylation is 2. The molecule has 0 aliphatic carbocycles. The van der Waals surface area contributed by atoms with Crippen LogP contribution in [0, 0.1) is 19.8 Å². The average molecular weight is 343 g/mol. The van der Waals surface area contributed by atoms with Crippen LogP contribution in [-0.2, 0) is 13.0 Å². The number of amides is 1. The first-order valence-electron chi connectivity index (χ1n) is 8.47. The van der Waals surface area contributed by atoms with Gasteiger partial charge in [-0.1, -0.05) is 26.0 Å². The van der Waals surface area contributed by atoms with E-state index in [0.29, 0.717) is 29.3 Å². The molecule has 1 heterocycles. The molecule has 1 amide bonds. The molecule has 2 N–H and O–H groups in total. The molecule has 0 radical (unpaired) electrons. The summed E-state index contributed by atoms with van der Waals surface area (Å²) in [6, 6.07) is 7.03. The largest absolute Gasteiger partial charge is 0.427 e. The Morgan fingerprint density at radius 2 is 2.00 bits per heavy atom. The lowest BCUT2D eigenvalue weighted by Gasteiger charge is -2.12. The minimum atomic E-state index is -0.618. The van der Waals surface area contributed by atoms with Crippen molar-refractivity contribution in [1.29, 1.82) is 0 Å². The van der Waals surface area contributed by atoms with E-state index < -0.39 is 11.5 Å². The van der Waals surface area contributed by atoms with E-state index in [0.717, 1.165) is 17.5 Å².